The molecule has 3 N–H and O–H groups in total. The Morgan fingerprint density at radius 1 is 1.12 bits per heavy atom. The van der Waals surface area contributed by atoms with Crippen LogP contribution in [-0.2, 0) is 6.54 Å². The zero-order valence-electron chi connectivity index (χ0n) is 13.6. The Bertz CT molecular complexity index is 932. The van der Waals surface area contributed by atoms with E-state index in [9.17, 15) is 9.18 Å². The van der Waals surface area contributed by atoms with Crippen molar-refractivity contribution in [2.75, 3.05) is 5.73 Å². The van der Waals surface area contributed by atoms with E-state index in [4.69, 9.17) is 10.5 Å². The van der Waals surface area contributed by atoms with E-state index in [1.54, 1.807) is 0 Å². The summed E-state index contributed by atoms with van der Waals surface area (Å²) in [5.74, 6) is 0.0717. The zero-order valence-corrected chi connectivity index (χ0v) is 15.2. The number of hydrogen-bond donors (Lipinski definition) is 2. The van der Waals surface area contributed by atoms with Gasteiger partial charge in [0.05, 0.1) is 5.56 Å². The van der Waals surface area contributed by atoms with E-state index in [1.807, 2.05) is 48.5 Å². The van der Waals surface area contributed by atoms with Crippen molar-refractivity contribution < 1.29 is 13.9 Å². The number of amides is 1. The smallest absolute Gasteiger partial charge is 0.255 e. The lowest BCUT2D eigenvalue weighted by atomic mass is 10.2. The number of carbonyl (C=O) groups is 1. The van der Waals surface area contributed by atoms with Crippen LogP contribution in [0, 0.1) is 5.95 Å². The second-order valence-electron chi connectivity index (χ2n) is 5.45. The molecule has 132 valence electrons. The minimum atomic E-state index is -0.725. The molecule has 3 aromatic rings. The molecule has 2 aromatic carbocycles. The second kappa shape index (κ2) is 7.97. The van der Waals surface area contributed by atoms with Gasteiger partial charge in [0.1, 0.15) is 17.3 Å². The number of nitrogens with zero attached hydrogens (tertiary/aromatic N) is 1. The van der Waals surface area contributed by atoms with Gasteiger partial charge in [-0.3, -0.25) is 4.79 Å². The zero-order chi connectivity index (χ0) is 18.5. The summed E-state index contributed by atoms with van der Waals surface area (Å²) in [6.45, 7) is 0.271. The first-order valence-electron chi connectivity index (χ1n) is 7.74. The number of hydrogen-bond acceptors (Lipinski definition) is 4. The van der Waals surface area contributed by atoms with Crippen molar-refractivity contribution in [3.8, 4) is 11.5 Å². The van der Waals surface area contributed by atoms with E-state index < -0.39 is 11.9 Å². The lowest BCUT2D eigenvalue weighted by Gasteiger charge is -2.10. The van der Waals surface area contributed by atoms with E-state index in [0.717, 1.165) is 16.1 Å². The van der Waals surface area contributed by atoms with Crippen LogP contribution in [0.25, 0.3) is 0 Å². The molecule has 0 atom stereocenters. The minimum absolute atomic E-state index is 0.133. The van der Waals surface area contributed by atoms with Gasteiger partial charge in [0.25, 0.3) is 5.91 Å². The third-order valence-corrected chi connectivity index (χ3v) is 4.06. The Kier molecular flexibility index (Phi) is 5.48. The van der Waals surface area contributed by atoms with Crippen molar-refractivity contribution in [3.63, 3.8) is 0 Å². The summed E-state index contributed by atoms with van der Waals surface area (Å²) < 4.78 is 19.7. The number of aromatic nitrogens is 1. The monoisotopic (exact) mass is 415 g/mol. The molecule has 0 bridgehead atoms. The first kappa shape index (κ1) is 17.9. The van der Waals surface area contributed by atoms with Crippen molar-refractivity contribution in [2.24, 2.45) is 0 Å². The van der Waals surface area contributed by atoms with Crippen LogP contribution in [0.5, 0.6) is 11.5 Å². The molecule has 0 saturated carbocycles. The Labute approximate surface area is 158 Å². The molecule has 1 aromatic heterocycles. The van der Waals surface area contributed by atoms with Crippen LogP contribution in [0.15, 0.2) is 65.1 Å². The first-order chi connectivity index (χ1) is 12.5. The number of rotatable bonds is 5. The van der Waals surface area contributed by atoms with Gasteiger partial charge in [0, 0.05) is 11.0 Å². The normalized spacial score (nSPS) is 10.4. The van der Waals surface area contributed by atoms with E-state index in [-0.39, 0.29) is 17.9 Å². The molecule has 0 fully saturated rings. The van der Waals surface area contributed by atoms with Gasteiger partial charge in [-0.1, -0.05) is 28.1 Å². The third kappa shape index (κ3) is 4.58. The van der Waals surface area contributed by atoms with Crippen LogP contribution in [0.4, 0.5) is 10.2 Å². The van der Waals surface area contributed by atoms with Crippen molar-refractivity contribution in [1.82, 2.24) is 10.3 Å². The molecule has 26 heavy (non-hydrogen) atoms. The Morgan fingerprint density at radius 2 is 1.88 bits per heavy atom. The predicted octanol–water partition coefficient (Wildman–Crippen LogP) is 4.29. The first-order valence-corrected chi connectivity index (χ1v) is 8.53. The fourth-order valence-corrected chi connectivity index (χ4v) is 2.54. The summed E-state index contributed by atoms with van der Waals surface area (Å²) in [6.07, 6.45) is 0. The molecular formula is C19H15BrFN3O2. The van der Waals surface area contributed by atoms with E-state index >= 15 is 0 Å². The molecule has 5 nitrogen and oxygen atoms in total. The molecule has 0 spiro atoms. The summed E-state index contributed by atoms with van der Waals surface area (Å²) in [5.41, 5.74) is 6.56. The Hall–Kier alpha value is -2.93. The van der Waals surface area contributed by atoms with Crippen molar-refractivity contribution in [3.05, 3.63) is 82.2 Å². The summed E-state index contributed by atoms with van der Waals surface area (Å²) in [4.78, 5) is 15.6. The number of ether oxygens (including phenoxy) is 1. The lowest BCUT2D eigenvalue weighted by Crippen LogP contribution is -2.24. The quantitative estimate of drug-likeness (QED) is 0.609. The molecule has 0 aliphatic heterocycles. The fraction of sp³-hybridized carbons (Fsp3) is 0.0526. The highest BCUT2D eigenvalue weighted by atomic mass is 79.9. The van der Waals surface area contributed by atoms with Crippen LogP contribution in [0.2, 0.25) is 0 Å². The van der Waals surface area contributed by atoms with Gasteiger partial charge in [0.15, 0.2) is 0 Å². The number of pyridine rings is 1. The standard InChI is InChI=1S/C19H15BrFN3O2/c20-13-4-6-14(7-5-13)26-15-3-1-2-12(10-15)11-23-19(25)16-8-9-17(21)24-18(16)22/h1-10H,11H2,(H2,22,24)(H,23,25). The van der Waals surface area contributed by atoms with Crippen LogP contribution in [0.3, 0.4) is 0 Å². The number of carbonyl (C=O) groups excluding carboxylic acids is 1. The van der Waals surface area contributed by atoms with Crippen molar-refractivity contribution in [1.29, 1.82) is 0 Å². The highest BCUT2D eigenvalue weighted by molar-refractivity contribution is 9.10. The van der Waals surface area contributed by atoms with Gasteiger partial charge < -0.3 is 15.8 Å². The highest BCUT2D eigenvalue weighted by Crippen LogP contribution is 2.24. The highest BCUT2D eigenvalue weighted by Gasteiger charge is 2.11. The van der Waals surface area contributed by atoms with Crippen LogP contribution < -0.4 is 15.8 Å². The van der Waals surface area contributed by atoms with Gasteiger partial charge in [-0.2, -0.15) is 4.39 Å². The van der Waals surface area contributed by atoms with Gasteiger partial charge in [-0.05, 0) is 54.1 Å². The Morgan fingerprint density at radius 3 is 2.62 bits per heavy atom. The maximum Gasteiger partial charge on any atom is 0.255 e. The number of nitrogens with one attached hydrogen (secondary N) is 1. The fourth-order valence-electron chi connectivity index (χ4n) is 2.28. The second-order valence-corrected chi connectivity index (χ2v) is 6.37. The molecular weight excluding hydrogens is 401 g/mol. The summed E-state index contributed by atoms with van der Waals surface area (Å²) in [7, 11) is 0. The Balaban J connectivity index is 1.65. The summed E-state index contributed by atoms with van der Waals surface area (Å²) in [6, 6.07) is 17.2. The predicted molar refractivity (Wildman–Crippen MR) is 100 cm³/mol. The topological polar surface area (TPSA) is 77.2 Å². The lowest BCUT2D eigenvalue weighted by molar-refractivity contribution is 0.0951. The number of anilines is 1. The van der Waals surface area contributed by atoms with Gasteiger partial charge in [-0.25, -0.2) is 4.98 Å². The third-order valence-electron chi connectivity index (χ3n) is 3.54. The van der Waals surface area contributed by atoms with Crippen LogP contribution in [0.1, 0.15) is 15.9 Å². The molecule has 3 rings (SSSR count). The molecule has 0 saturated heterocycles. The molecule has 1 amide bonds. The van der Waals surface area contributed by atoms with Gasteiger partial charge in [-0.15, -0.1) is 0 Å². The van der Waals surface area contributed by atoms with E-state index in [0.29, 0.717) is 11.5 Å². The van der Waals surface area contributed by atoms with Gasteiger partial charge in [0.2, 0.25) is 5.95 Å². The van der Waals surface area contributed by atoms with Crippen LogP contribution >= 0.6 is 15.9 Å². The summed E-state index contributed by atoms with van der Waals surface area (Å²) >= 11 is 3.37. The van der Waals surface area contributed by atoms with Gasteiger partial charge >= 0.3 is 0 Å². The molecule has 0 unspecified atom stereocenters. The number of nitrogens with two attached hydrogens (primary N) is 1. The maximum absolute atomic E-state index is 13.0. The van der Waals surface area contributed by atoms with Crippen molar-refractivity contribution in [2.45, 2.75) is 6.54 Å². The maximum atomic E-state index is 13.0. The number of benzene rings is 2. The molecule has 0 aliphatic rings. The molecule has 1 heterocycles. The number of nitrogen functional groups attached to an aromatic ring is 1. The average molecular weight is 416 g/mol. The van der Waals surface area contributed by atoms with E-state index in [2.05, 4.69) is 26.2 Å². The molecule has 0 aliphatic carbocycles. The SMILES string of the molecule is Nc1nc(F)ccc1C(=O)NCc1cccc(Oc2ccc(Br)cc2)c1. The average Bonchev–Trinajstić information content (AvgIpc) is 2.62. The van der Waals surface area contributed by atoms with Crippen molar-refractivity contribution >= 4 is 27.7 Å². The van der Waals surface area contributed by atoms with E-state index in [1.165, 1.54) is 6.07 Å². The van der Waals surface area contributed by atoms with Crippen LogP contribution in [-0.4, -0.2) is 10.9 Å². The molecule has 7 heteroatoms. The largest absolute Gasteiger partial charge is 0.457 e. The summed E-state index contributed by atoms with van der Waals surface area (Å²) in [5, 5.41) is 2.73. The molecule has 0 radical (unpaired) electrons. The number of halogens is 2. The minimum Gasteiger partial charge on any atom is -0.457 e.